The number of nitrogens with zero attached hydrogens (tertiary/aromatic N) is 1. The van der Waals surface area contributed by atoms with Crippen molar-refractivity contribution in [2.75, 3.05) is 0 Å². The Morgan fingerprint density at radius 3 is 2.64 bits per heavy atom. The predicted octanol–water partition coefficient (Wildman–Crippen LogP) is 1.71. The van der Waals surface area contributed by atoms with Gasteiger partial charge in [-0.15, -0.1) is 12.4 Å². The quantitative estimate of drug-likeness (QED) is 0.776. The smallest absolute Gasteiger partial charge is 0.250 e. The maximum Gasteiger partial charge on any atom is 0.250 e. The summed E-state index contributed by atoms with van der Waals surface area (Å²) in [4.78, 5) is 15.0. The van der Waals surface area contributed by atoms with Crippen LogP contribution in [-0.2, 0) is 0 Å². The summed E-state index contributed by atoms with van der Waals surface area (Å²) in [5.74, 6) is -0.436. The highest BCUT2D eigenvalue weighted by Crippen LogP contribution is 2.22. The van der Waals surface area contributed by atoms with E-state index in [9.17, 15) is 4.79 Å². The van der Waals surface area contributed by atoms with Gasteiger partial charge in [-0.1, -0.05) is 24.3 Å². The number of carbonyl (C=O) groups excluding carboxylic acids is 1. The molecule has 0 atom stereocenters. The van der Waals surface area contributed by atoms with Crippen LogP contribution in [-0.4, -0.2) is 10.9 Å². The Morgan fingerprint density at radius 1 is 1.21 bits per heavy atom. The number of hydrogen-bond acceptors (Lipinski definition) is 2. The molecule has 2 aliphatic rings. The van der Waals surface area contributed by atoms with Crippen molar-refractivity contribution in [2.45, 2.75) is 0 Å². The molecule has 72 valence electrons. The summed E-state index contributed by atoms with van der Waals surface area (Å²) >= 11 is 0. The van der Waals surface area contributed by atoms with Crippen LogP contribution in [0, 0.1) is 0 Å². The van der Waals surface area contributed by atoms with Crippen molar-refractivity contribution in [1.29, 1.82) is 0 Å². The van der Waals surface area contributed by atoms with Gasteiger partial charge in [0, 0.05) is 11.8 Å². The zero-order chi connectivity index (χ0) is 9.26. The summed E-state index contributed by atoms with van der Waals surface area (Å²) in [6, 6.07) is 9.30. The molecule has 0 saturated carbocycles. The number of rotatable bonds is 1. The molecule has 0 spiro atoms. The van der Waals surface area contributed by atoms with Crippen LogP contribution < -0.4 is 5.73 Å². The molecule has 1 aliphatic carbocycles. The Labute approximate surface area is 87.7 Å². The molecular weight excluding hydrogens is 200 g/mol. The third-order valence-electron chi connectivity index (χ3n) is 1.90. The van der Waals surface area contributed by atoms with Crippen molar-refractivity contribution in [3.63, 3.8) is 0 Å². The van der Waals surface area contributed by atoms with E-state index in [-0.39, 0.29) is 12.4 Å². The van der Waals surface area contributed by atoms with E-state index in [0.29, 0.717) is 5.56 Å². The first-order valence-electron chi connectivity index (χ1n) is 3.92. The second-order valence-electron chi connectivity index (χ2n) is 2.75. The summed E-state index contributed by atoms with van der Waals surface area (Å²) in [5, 5.41) is 0. The molecule has 0 radical (unpaired) electrons. The number of carbonyl (C=O) groups is 1. The number of fused-ring (bicyclic) bond motifs is 1. The zero-order valence-electron chi connectivity index (χ0n) is 7.31. The van der Waals surface area contributed by atoms with Crippen molar-refractivity contribution in [3.8, 4) is 11.3 Å². The van der Waals surface area contributed by atoms with Gasteiger partial charge >= 0.3 is 0 Å². The minimum Gasteiger partial charge on any atom is -0.366 e. The van der Waals surface area contributed by atoms with Crippen molar-refractivity contribution in [2.24, 2.45) is 5.73 Å². The molecule has 2 N–H and O–H groups in total. The molecule has 0 fully saturated rings. The lowest BCUT2D eigenvalue weighted by molar-refractivity contribution is 0.100. The number of hydrogen-bond donors (Lipinski definition) is 1. The molecule has 14 heavy (non-hydrogen) atoms. The van der Waals surface area contributed by atoms with Crippen molar-refractivity contribution in [1.82, 2.24) is 4.98 Å². The normalized spacial score (nSPS) is 9.43. The molecule has 4 heteroatoms. The van der Waals surface area contributed by atoms with Crippen molar-refractivity contribution in [3.05, 3.63) is 42.1 Å². The van der Waals surface area contributed by atoms with E-state index >= 15 is 0 Å². The van der Waals surface area contributed by atoms with Gasteiger partial charge in [0.05, 0.1) is 11.3 Å². The minimum atomic E-state index is -0.436. The molecule has 2 rings (SSSR count). The van der Waals surface area contributed by atoms with Gasteiger partial charge < -0.3 is 5.73 Å². The van der Waals surface area contributed by atoms with Gasteiger partial charge in [0.25, 0.3) is 5.91 Å². The largest absolute Gasteiger partial charge is 0.366 e. The molecule has 0 aromatic heterocycles. The highest BCUT2D eigenvalue weighted by atomic mass is 35.5. The fourth-order valence-electron chi connectivity index (χ4n) is 1.28. The Hall–Kier alpha value is -1.61. The van der Waals surface area contributed by atoms with Gasteiger partial charge in [-0.05, 0) is 6.07 Å². The molecule has 0 aromatic carbocycles. The lowest BCUT2D eigenvalue weighted by atomic mass is 10.1. The average molecular weight is 209 g/mol. The maximum atomic E-state index is 11.0. The first-order valence-corrected chi connectivity index (χ1v) is 3.92. The van der Waals surface area contributed by atoms with Gasteiger partial charge in [-0.25, -0.2) is 0 Å². The predicted molar refractivity (Wildman–Crippen MR) is 56.6 cm³/mol. The fraction of sp³-hybridized carbons (Fsp3) is 0. The third-order valence-corrected chi connectivity index (χ3v) is 1.90. The summed E-state index contributed by atoms with van der Waals surface area (Å²) in [6.07, 6.45) is 1.51. The van der Waals surface area contributed by atoms with Crippen LogP contribution in [0.4, 0.5) is 0 Å². The Bertz CT molecular complexity index is 431. The summed E-state index contributed by atoms with van der Waals surface area (Å²) in [5.41, 5.74) is 7.26. The van der Waals surface area contributed by atoms with Crippen LogP contribution in [0.2, 0.25) is 0 Å². The highest BCUT2D eigenvalue weighted by Gasteiger charge is 2.12. The SMILES string of the molecule is Cl.NC(=O)c1cnc2cccccc1-2. The van der Waals surface area contributed by atoms with E-state index in [0.717, 1.165) is 11.3 Å². The second kappa shape index (κ2) is 4.07. The Kier molecular flexibility index (Phi) is 3.04. The molecule has 0 saturated heterocycles. The molecule has 1 amide bonds. The van der Waals surface area contributed by atoms with Crippen LogP contribution in [0.3, 0.4) is 0 Å². The van der Waals surface area contributed by atoms with E-state index in [2.05, 4.69) is 4.98 Å². The Morgan fingerprint density at radius 2 is 1.93 bits per heavy atom. The zero-order valence-corrected chi connectivity index (χ0v) is 8.12. The van der Waals surface area contributed by atoms with Crippen molar-refractivity contribution >= 4 is 18.3 Å². The first-order chi connectivity index (χ1) is 6.29. The second-order valence-corrected chi connectivity index (χ2v) is 2.75. The van der Waals surface area contributed by atoms with Crippen molar-refractivity contribution < 1.29 is 4.79 Å². The van der Waals surface area contributed by atoms with E-state index in [1.165, 1.54) is 6.20 Å². The van der Waals surface area contributed by atoms with Crippen LogP contribution in [0.5, 0.6) is 0 Å². The van der Waals surface area contributed by atoms with E-state index in [1.54, 1.807) is 0 Å². The third kappa shape index (κ3) is 1.67. The van der Waals surface area contributed by atoms with Crippen LogP contribution in [0.25, 0.3) is 11.3 Å². The Balaban J connectivity index is 0.000000980. The van der Waals surface area contributed by atoms with Gasteiger partial charge in [0.2, 0.25) is 0 Å². The average Bonchev–Trinajstić information content (AvgIpc) is 2.36. The van der Waals surface area contributed by atoms with Crippen LogP contribution in [0.1, 0.15) is 10.4 Å². The molecular formula is C10H9ClN2O. The van der Waals surface area contributed by atoms with E-state index in [4.69, 9.17) is 5.73 Å². The van der Waals surface area contributed by atoms with Gasteiger partial charge in [-0.2, -0.15) is 0 Å². The summed E-state index contributed by atoms with van der Waals surface area (Å²) < 4.78 is 0. The number of halogens is 1. The lowest BCUT2D eigenvalue weighted by Gasteiger charge is -1.92. The number of nitrogens with two attached hydrogens (primary N) is 1. The van der Waals surface area contributed by atoms with Gasteiger partial charge in [-0.3, -0.25) is 9.78 Å². The molecule has 0 aromatic rings. The number of amides is 1. The number of aromatic nitrogens is 1. The first kappa shape index (κ1) is 10.5. The molecule has 1 heterocycles. The maximum absolute atomic E-state index is 11.0. The molecule has 1 aliphatic heterocycles. The van der Waals surface area contributed by atoms with Gasteiger partial charge in [0.15, 0.2) is 0 Å². The van der Waals surface area contributed by atoms with Crippen LogP contribution in [0.15, 0.2) is 36.5 Å². The number of primary amides is 1. The fourth-order valence-corrected chi connectivity index (χ4v) is 1.28. The molecule has 0 unspecified atom stereocenters. The van der Waals surface area contributed by atoms with E-state index in [1.807, 2.05) is 30.3 Å². The minimum absolute atomic E-state index is 0. The summed E-state index contributed by atoms with van der Waals surface area (Å²) in [6.45, 7) is 0. The topological polar surface area (TPSA) is 56.0 Å². The summed E-state index contributed by atoms with van der Waals surface area (Å²) in [7, 11) is 0. The monoisotopic (exact) mass is 208 g/mol. The standard InChI is InChI=1S/C10H8N2O.ClH/c11-10(13)8-6-12-9-5-3-1-2-4-7(8)9;/h1-6H,(H2,11,13);1H. The van der Waals surface area contributed by atoms with Gasteiger partial charge in [0.1, 0.15) is 0 Å². The van der Waals surface area contributed by atoms with E-state index < -0.39 is 5.91 Å². The molecule has 3 nitrogen and oxygen atoms in total. The molecule has 0 bridgehead atoms. The lowest BCUT2D eigenvalue weighted by Crippen LogP contribution is -2.10. The highest BCUT2D eigenvalue weighted by molar-refractivity contribution is 5.99. The van der Waals surface area contributed by atoms with Crippen LogP contribution >= 0.6 is 12.4 Å².